The van der Waals surface area contributed by atoms with E-state index >= 15 is 0 Å². The van der Waals surface area contributed by atoms with Crippen LogP contribution in [0.2, 0.25) is 10.0 Å². The average Bonchev–Trinajstić information content (AvgIpc) is 2.13. The fourth-order valence-electron chi connectivity index (χ4n) is 1.09. The maximum atomic E-state index is 11.4. The smallest absolute Gasteiger partial charge is 0.225 e. The van der Waals surface area contributed by atoms with Crippen LogP contribution in [0.1, 0.15) is 6.42 Å². The molecule has 0 aliphatic rings. The summed E-state index contributed by atoms with van der Waals surface area (Å²) in [5.74, 6) is -0.0670. The number of nitrogens with one attached hydrogen (secondary N) is 2. The Bertz CT molecular complexity index is 335. The first-order valence-electron chi connectivity index (χ1n) is 4.52. The summed E-state index contributed by atoms with van der Waals surface area (Å²) in [5, 5.41) is 6.62. The van der Waals surface area contributed by atoms with Gasteiger partial charge >= 0.3 is 0 Å². The number of halogens is 2. The summed E-state index contributed by atoms with van der Waals surface area (Å²) in [4.78, 5) is 11.4. The molecular formula is C10H12Cl2N2O. The molecular weight excluding hydrogens is 235 g/mol. The van der Waals surface area contributed by atoms with Crippen LogP contribution in [-0.2, 0) is 4.79 Å². The van der Waals surface area contributed by atoms with Crippen molar-refractivity contribution >= 4 is 34.8 Å². The molecule has 0 aliphatic carbocycles. The first-order valence-corrected chi connectivity index (χ1v) is 5.28. The Morgan fingerprint density at radius 1 is 1.27 bits per heavy atom. The van der Waals surface area contributed by atoms with Crippen molar-refractivity contribution in [1.29, 1.82) is 0 Å². The highest BCUT2D eigenvalue weighted by atomic mass is 35.5. The van der Waals surface area contributed by atoms with Gasteiger partial charge in [-0.1, -0.05) is 23.2 Å². The van der Waals surface area contributed by atoms with Crippen LogP contribution in [-0.4, -0.2) is 19.5 Å². The second-order valence-corrected chi connectivity index (χ2v) is 3.93. The third-order valence-electron chi connectivity index (χ3n) is 1.75. The zero-order chi connectivity index (χ0) is 11.3. The maximum absolute atomic E-state index is 11.4. The minimum atomic E-state index is -0.0670. The van der Waals surface area contributed by atoms with Gasteiger partial charge < -0.3 is 10.6 Å². The molecule has 3 nitrogen and oxygen atoms in total. The van der Waals surface area contributed by atoms with Crippen molar-refractivity contribution < 1.29 is 4.79 Å². The molecule has 0 unspecified atom stereocenters. The summed E-state index contributed by atoms with van der Waals surface area (Å²) in [6.07, 6.45) is 0.417. The van der Waals surface area contributed by atoms with Gasteiger partial charge in [0, 0.05) is 28.7 Å². The molecule has 0 aliphatic heterocycles. The Hall–Kier alpha value is -0.770. The fraction of sp³-hybridized carbons (Fsp3) is 0.300. The Kier molecular flexibility index (Phi) is 4.88. The normalized spacial score (nSPS) is 10.1. The molecule has 0 heterocycles. The zero-order valence-corrected chi connectivity index (χ0v) is 9.82. The molecule has 82 valence electrons. The molecule has 1 aromatic rings. The minimum Gasteiger partial charge on any atom is -0.326 e. The van der Waals surface area contributed by atoms with Gasteiger partial charge in [0.2, 0.25) is 5.91 Å². The second-order valence-electron chi connectivity index (χ2n) is 3.06. The second kappa shape index (κ2) is 5.95. The molecule has 0 atom stereocenters. The summed E-state index contributed by atoms with van der Waals surface area (Å²) >= 11 is 11.6. The van der Waals surface area contributed by atoms with Crippen molar-refractivity contribution in [3.63, 3.8) is 0 Å². The fourth-order valence-corrected chi connectivity index (χ4v) is 1.61. The molecule has 1 rings (SSSR count). The SMILES string of the molecule is CNCCC(=O)Nc1cc(Cl)cc(Cl)c1. The first kappa shape index (κ1) is 12.3. The molecule has 0 aromatic heterocycles. The van der Waals surface area contributed by atoms with Crippen LogP contribution in [0.15, 0.2) is 18.2 Å². The summed E-state index contributed by atoms with van der Waals surface area (Å²) in [6.45, 7) is 0.639. The lowest BCUT2D eigenvalue weighted by Crippen LogP contribution is -2.18. The van der Waals surface area contributed by atoms with Crippen molar-refractivity contribution in [1.82, 2.24) is 5.32 Å². The van der Waals surface area contributed by atoms with Gasteiger partial charge in [0.1, 0.15) is 0 Å². The van der Waals surface area contributed by atoms with Gasteiger partial charge in [0.25, 0.3) is 0 Å². The van der Waals surface area contributed by atoms with Crippen LogP contribution in [0.4, 0.5) is 5.69 Å². The van der Waals surface area contributed by atoms with Crippen molar-refractivity contribution in [2.75, 3.05) is 18.9 Å². The molecule has 5 heteroatoms. The predicted octanol–water partition coefficient (Wildman–Crippen LogP) is 2.54. The molecule has 1 amide bonds. The standard InChI is InChI=1S/C10H12Cl2N2O/c1-13-3-2-10(15)14-9-5-7(11)4-8(12)6-9/h4-6,13H,2-3H2,1H3,(H,14,15). The highest BCUT2D eigenvalue weighted by Gasteiger charge is 2.03. The lowest BCUT2D eigenvalue weighted by atomic mass is 10.3. The first-order chi connectivity index (χ1) is 7.11. The van der Waals surface area contributed by atoms with E-state index in [9.17, 15) is 4.79 Å². The Morgan fingerprint density at radius 3 is 2.40 bits per heavy atom. The largest absolute Gasteiger partial charge is 0.326 e. The van der Waals surface area contributed by atoms with E-state index in [1.165, 1.54) is 0 Å². The van der Waals surface area contributed by atoms with Gasteiger partial charge in [-0.2, -0.15) is 0 Å². The number of hydrogen-bond acceptors (Lipinski definition) is 2. The third kappa shape index (κ3) is 4.51. The number of hydrogen-bond donors (Lipinski definition) is 2. The molecule has 0 bridgehead atoms. The van der Waals surface area contributed by atoms with E-state index in [4.69, 9.17) is 23.2 Å². The highest BCUT2D eigenvalue weighted by molar-refractivity contribution is 6.35. The summed E-state index contributed by atoms with van der Waals surface area (Å²) in [6, 6.07) is 4.93. The Balaban J connectivity index is 2.60. The van der Waals surface area contributed by atoms with E-state index in [0.29, 0.717) is 28.7 Å². The van der Waals surface area contributed by atoms with Gasteiger partial charge in [-0.25, -0.2) is 0 Å². The lowest BCUT2D eigenvalue weighted by molar-refractivity contribution is -0.116. The number of anilines is 1. The summed E-state index contributed by atoms with van der Waals surface area (Å²) in [5.41, 5.74) is 0.619. The zero-order valence-electron chi connectivity index (χ0n) is 8.31. The predicted molar refractivity (Wildman–Crippen MR) is 63.6 cm³/mol. The molecule has 2 N–H and O–H groups in total. The van der Waals surface area contributed by atoms with Crippen molar-refractivity contribution in [2.45, 2.75) is 6.42 Å². The number of rotatable bonds is 4. The van der Waals surface area contributed by atoms with Crippen LogP contribution in [0.3, 0.4) is 0 Å². The van der Waals surface area contributed by atoms with Crippen LogP contribution >= 0.6 is 23.2 Å². The van der Waals surface area contributed by atoms with Crippen LogP contribution in [0, 0.1) is 0 Å². The number of carbonyl (C=O) groups excluding carboxylic acids is 1. The third-order valence-corrected chi connectivity index (χ3v) is 2.18. The monoisotopic (exact) mass is 246 g/mol. The number of benzene rings is 1. The van der Waals surface area contributed by atoms with Gasteiger partial charge in [0.15, 0.2) is 0 Å². The summed E-state index contributed by atoms with van der Waals surface area (Å²) in [7, 11) is 1.80. The Labute approximate surface area is 98.8 Å². The van der Waals surface area contributed by atoms with Crippen molar-refractivity contribution in [3.05, 3.63) is 28.2 Å². The molecule has 1 aromatic carbocycles. The number of amides is 1. The van der Waals surface area contributed by atoms with E-state index in [0.717, 1.165) is 0 Å². The van der Waals surface area contributed by atoms with Gasteiger partial charge in [0.05, 0.1) is 0 Å². The Morgan fingerprint density at radius 2 is 1.87 bits per heavy atom. The average molecular weight is 247 g/mol. The quantitative estimate of drug-likeness (QED) is 0.858. The van der Waals surface area contributed by atoms with Crippen LogP contribution in [0.5, 0.6) is 0 Å². The van der Waals surface area contributed by atoms with E-state index in [2.05, 4.69) is 10.6 Å². The van der Waals surface area contributed by atoms with Crippen molar-refractivity contribution in [2.24, 2.45) is 0 Å². The molecule has 0 radical (unpaired) electrons. The maximum Gasteiger partial charge on any atom is 0.225 e. The van der Waals surface area contributed by atoms with E-state index in [1.54, 1.807) is 25.2 Å². The minimum absolute atomic E-state index is 0.0670. The molecule has 0 fully saturated rings. The van der Waals surface area contributed by atoms with Crippen LogP contribution in [0.25, 0.3) is 0 Å². The summed E-state index contributed by atoms with van der Waals surface area (Å²) < 4.78 is 0. The number of carbonyl (C=O) groups is 1. The van der Waals surface area contributed by atoms with Gasteiger partial charge in [-0.05, 0) is 25.2 Å². The molecule has 15 heavy (non-hydrogen) atoms. The molecule has 0 saturated heterocycles. The lowest BCUT2D eigenvalue weighted by Gasteiger charge is -2.05. The van der Waals surface area contributed by atoms with Gasteiger partial charge in [-0.15, -0.1) is 0 Å². The van der Waals surface area contributed by atoms with E-state index in [1.807, 2.05) is 0 Å². The van der Waals surface area contributed by atoms with E-state index in [-0.39, 0.29) is 5.91 Å². The van der Waals surface area contributed by atoms with Gasteiger partial charge in [-0.3, -0.25) is 4.79 Å². The van der Waals surface area contributed by atoms with E-state index < -0.39 is 0 Å². The van der Waals surface area contributed by atoms with Crippen LogP contribution < -0.4 is 10.6 Å². The van der Waals surface area contributed by atoms with Crippen molar-refractivity contribution in [3.8, 4) is 0 Å². The molecule has 0 spiro atoms. The topological polar surface area (TPSA) is 41.1 Å². The molecule has 0 saturated carbocycles. The highest BCUT2D eigenvalue weighted by Crippen LogP contribution is 2.22.